The van der Waals surface area contributed by atoms with Crippen LogP contribution in [0.25, 0.3) is 0 Å². The SMILES string of the molecule is CCC1CC(F)(F)CN1Cc1ccc(C(C)C)cc1. The molecule has 1 nitrogen and oxygen atoms in total. The van der Waals surface area contributed by atoms with Gasteiger partial charge in [0.25, 0.3) is 5.92 Å². The van der Waals surface area contributed by atoms with Crippen LogP contribution >= 0.6 is 0 Å². The highest BCUT2D eigenvalue weighted by molar-refractivity contribution is 5.24. The van der Waals surface area contributed by atoms with Crippen LogP contribution in [0.2, 0.25) is 0 Å². The van der Waals surface area contributed by atoms with Crippen LogP contribution in [0, 0.1) is 0 Å². The topological polar surface area (TPSA) is 3.24 Å². The lowest BCUT2D eigenvalue weighted by Gasteiger charge is -2.22. The second-order valence-corrected chi connectivity index (χ2v) is 5.92. The molecule has 1 atom stereocenters. The average Bonchev–Trinajstić information content (AvgIpc) is 2.64. The first kappa shape index (κ1) is 14.4. The molecule has 0 radical (unpaired) electrons. The molecule has 0 saturated carbocycles. The third-order valence-electron chi connectivity index (χ3n) is 3.99. The first-order valence-corrected chi connectivity index (χ1v) is 7.12. The molecule has 1 heterocycles. The molecular weight excluding hydrogens is 244 g/mol. The molecule has 3 heteroatoms. The zero-order valence-corrected chi connectivity index (χ0v) is 12.0. The van der Waals surface area contributed by atoms with Gasteiger partial charge in [-0.3, -0.25) is 4.90 Å². The number of benzene rings is 1. The highest BCUT2D eigenvalue weighted by Gasteiger charge is 2.43. The van der Waals surface area contributed by atoms with Gasteiger partial charge in [0.2, 0.25) is 0 Å². The minimum absolute atomic E-state index is 0.00752. The monoisotopic (exact) mass is 267 g/mol. The first-order chi connectivity index (χ1) is 8.91. The fourth-order valence-electron chi connectivity index (χ4n) is 2.79. The fraction of sp³-hybridized carbons (Fsp3) is 0.625. The van der Waals surface area contributed by atoms with E-state index in [0.29, 0.717) is 12.5 Å². The van der Waals surface area contributed by atoms with Gasteiger partial charge in [0.1, 0.15) is 0 Å². The molecule has 0 aromatic heterocycles. The Labute approximate surface area is 114 Å². The second-order valence-electron chi connectivity index (χ2n) is 5.92. The molecule has 1 aliphatic rings. The number of halogens is 2. The van der Waals surface area contributed by atoms with E-state index in [4.69, 9.17) is 0 Å². The standard InChI is InChI=1S/C16H23F2N/c1-4-15-9-16(17,18)11-19(15)10-13-5-7-14(8-6-13)12(2)3/h5-8,12,15H,4,9-11H2,1-3H3. The quantitative estimate of drug-likeness (QED) is 0.780. The van der Waals surface area contributed by atoms with Gasteiger partial charge >= 0.3 is 0 Å². The van der Waals surface area contributed by atoms with Crippen molar-refractivity contribution >= 4 is 0 Å². The summed E-state index contributed by atoms with van der Waals surface area (Å²) in [5, 5.41) is 0. The van der Waals surface area contributed by atoms with Crippen LogP contribution < -0.4 is 0 Å². The largest absolute Gasteiger partial charge is 0.290 e. The summed E-state index contributed by atoms with van der Waals surface area (Å²) < 4.78 is 26.9. The Bertz CT molecular complexity index is 411. The molecule has 1 unspecified atom stereocenters. The van der Waals surface area contributed by atoms with E-state index in [2.05, 4.69) is 38.1 Å². The lowest BCUT2D eigenvalue weighted by Crippen LogP contribution is -2.29. The van der Waals surface area contributed by atoms with Gasteiger partial charge in [0, 0.05) is 19.0 Å². The highest BCUT2D eigenvalue weighted by Crippen LogP contribution is 2.34. The molecule has 1 fully saturated rings. The van der Waals surface area contributed by atoms with Crippen molar-refractivity contribution < 1.29 is 8.78 Å². The van der Waals surface area contributed by atoms with Crippen molar-refractivity contribution in [3.05, 3.63) is 35.4 Å². The molecule has 0 amide bonds. The maximum atomic E-state index is 13.5. The van der Waals surface area contributed by atoms with E-state index in [-0.39, 0.29) is 19.0 Å². The van der Waals surface area contributed by atoms with Crippen LogP contribution in [0.5, 0.6) is 0 Å². The Morgan fingerprint density at radius 1 is 1.26 bits per heavy atom. The Kier molecular flexibility index (Phi) is 4.24. The summed E-state index contributed by atoms with van der Waals surface area (Å²) >= 11 is 0. The number of nitrogens with zero attached hydrogens (tertiary/aromatic N) is 1. The van der Waals surface area contributed by atoms with Gasteiger partial charge < -0.3 is 0 Å². The molecule has 0 spiro atoms. The van der Waals surface area contributed by atoms with Gasteiger partial charge in [-0.2, -0.15) is 0 Å². The summed E-state index contributed by atoms with van der Waals surface area (Å²) in [6.07, 6.45) is 0.799. The number of hydrogen-bond donors (Lipinski definition) is 0. The van der Waals surface area contributed by atoms with Crippen molar-refractivity contribution in [2.75, 3.05) is 6.54 Å². The Morgan fingerprint density at radius 2 is 1.89 bits per heavy atom. The van der Waals surface area contributed by atoms with Crippen molar-refractivity contribution in [3.8, 4) is 0 Å². The molecule has 0 bridgehead atoms. The Hall–Kier alpha value is -0.960. The number of likely N-dealkylation sites (tertiary alicyclic amines) is 1. The van der Waals surface area contributed by atoms with Crippen molar-refractivity contribution in [1.29, 1.82) is 0 Å². The van der Waals surface area contributed by atoms with Crippen molar-refractivity contribution in [2.45, 2.75) is 58.0 Å². The van der Waals surface area contributed by atoms with E-state index < -0.39 is 5.92 Å². The van der Waals surface area contributed by atoms with Crippen LogP contribution in [0.15, 0.2) is 24.3 Å². The van der Waals surface area contributed by atoms with Crippen LogP contribution in [-0.4, -0.2) is 23.4 Å². The van der Waals surface area contributed by atoms with Crippen LogP contribution in [0.3, 0.4) is 0 Å². The summed E-state index contributed by atoms with van der Waals surface area (Å²) in [6, 6.07) is 8.36. The Morgan fingerprint density at radius 3 is 2.42 bits per heavy atom. The lowest BCUT2D eigenvalue weighted by atomic mass is 10.0. The smallest absolute Gasteiger partial charge is 0.262 e. The van der Waals surface area contributed by atoms with Crippen LogP contribution in [0.4, 0.5) is 8.78 Å². The molecule has 0 aliphatic carbocycles. The molecule has 1 aliphatic heterocycles. The number of alkyl halides is 2. The van der Waals surface area contributed by atoms with Gasteiger partial charge in [-0.1, -0.05) is 45.0 Å². The molecule has 0 N–H and O–H groups in total. The van der Waals surface area contributed by atoms with E-state index in [1.807, 2.05) is 11.8 Å². The van der Waals surface area contributed by atoms with Crippen LogP contribution in [0.1, 0.15) is 50.7 Å². The molecule has 1 aromatic rings. The number of rotatable bonds is 4. The third-order valence-corrected chi connectivity index (χ3v) is 3.99. The summed E-state index contributed by atoms with van der Waals surface area (Å²) in [7, 11) is 0. The van der Waals surface area contributed by atoms with Gasteiger partial charge in [-0.15, -0.1) is 0 Å². The molecule has 1 aromatic carbocycles. The summed E-state index contributed by atoms with van der Waals surface area (Å²) in [5.41, 5.74) is 2.42. The second kappa shape index (κ2) is 5.58. The van der Waals surface area contributed by atoms with E-state index in [0.717, 1.165) is 12.0 Å². The van der Waals surface area contributed by atoms with Gasteiger partial charge in [0.15, 0.2) is 0 Å². The fourth-order valence-corrected chi connectivity index (χ4v) is 2.79. The molecule has 106 valence electrons. The normalized spacial score (nSPS) is 23.2. The maximum Gasteiger partial charge on any atom is 0.262 e. The zero-order chi connectivity index (χ0) is 14.0. The first-order valence-electron chi connectivity index (χ1n) is 7.12. The number of hydrogen-bond acceptors (Lipinski definition) is 1. The summed E-state index contributed by atoms with van der Waals surface area (Å²) in [6.45, 7) is 6.83. The highest BCUT2D eigenvalue weighted by atomic mass is 19.3. The van der Waals surface area contributed by atoms with Gasteiger partial charge in [-0.25, -0.2) is 8.78 Å². The Balaban J connectivity index is 2.04. The third kappa shape index (κ3) is 3.53. The van der Waals surface area contributed by atoms with Crippen LogP contribution in [-0.2, 0) is 6.54 Å². The maximum absolute atomic E-state index is 13.5. The summed E-state index contributed by atoms with van der Waals surface area (Å²) in [5.74, 6) is -2.01. The molecule has 19 heavy (non-hydrogen) atoms. The zero-order valence-electron chi connectivity index (χ0n) is 12.0. The van der Waals surface area contributed by atoms with Gasteiger partial charge in [-0.05, 0) is 23.5 Å². The van der Waals surface area contributed by atoms with Crippen molar-refractivity contribution in [1.82, 2.24) is 4.90 Å². The van der Waals surface area contributed by atoms with E-state index in [1.54, 1.807) is 0 Å². The van der Waals surface area contributed by atoms with E-state index in [9.17, 15) is 8.78 Å². The minimum Gasteiger partial charge on any atom is -0.290 e. The predicted octanol–water partition coefficient (Wildman–Crippen LogP) is 4.43. The predicted molar refractivity (Wildman–Crippen MR) is 74.6 cm³/mol. The van der Waals surface area contributed by atoms with E-state index in [1.165, 1.54) is 5.56 Å². The van der Waals surface area contributed by atoms with Gasteiger partial charge in [0.05, 0.1) is 6.54 Å². The molecule has 1 saturated heterocycles. The molecular formula is C16H23F2N. The van der Waals surface area contributed by atoms with Crippen molar-refractivity contribution in [2.24, 2.45) is 0 Å². The lowest BCUT2D eigenvalue weighted by molar-refractivity contribution is 0.0113. The van der Waals surface area contributed by atoms with E-state index >= 15 is 0 Å². The average molecular weight is 267 g/mol. The minimum atomic E-state index is -2.52. The summed E-state index contributed by atoms with van der Waals surface area (Å²) in [4.78, 5) is 1.92. The van der Waals surface area contributed by atoms with Crippen molar-refractivity contribution in [3.63, 3.8) is 0 Å². The molecule has 2 rings (SSSR count).